The molecule has 0 bridgehead atoms. The van der Waals surface area contributed by atoms with Crippen LogP contribution in [0.25, 0.3) is 0 Å². The molecule has 1 heterocycles. The lowest BCUT2D eigenvalue weighted by Gasteiger charge is -2.35. The lowest BCUT2D eigenvalue weighted by atomic mass is 9.75. The normalized spacial score (nSPS) is 25.6. The number of rotatable bonds is 5. The van der Waals surface area contributed by atoms with Gasteiger partial charge in [-0.1, -0.05) is 12.8 Å². The van der Waals surface area contributed by atoms with E-state index in [9.17, 15) is 4.79 Å². The topological polar surface area (TPSA) is 38.3 Å². The Morgan fingerprint density at radius 2 is 2.12 bits per heavy atom. The third-order valence-corrected chi connectivity index (χ3v) is 4.30. The Balaban J connectivity index is 1.77. The molecular formula is C14H25NO2. The maximum absolute atomic E-state index is 12.1. The van der Waals surface area contributed by atoms with E-state index in [1.54, 1.807) is 0 Å². The summed E-state index contributed by atoms with van der Waals surface area (Å²) in [4.78, 5) is 12.1. The average Bonchev–Trinajstić information content (AvgIpc) is 3.14. The highest BCUT2D eigenvalue weighted by atomic mass is 16.5. The molecule has 1 saturated heterocycles. The van der Waals surface area contributed by atoms with Crippen LogP contribution in [0.15, 0.2) is 0 Å². The SMILES string of the molecule is CC(C)(C(=O)OCCC1CC1)C1CCCNC1. The van der Waals surface area contributed by atoms with Gasteiger partial charge in [0, 0.05) is 0 Å². The standard InChI is InChI=1S/C14H25NO2/c1-14(2,12-4-3-8-15-10-12)13(16)17-9-7-11-5-6-11/h11-12,15H,3-10H2,1-2H3. The number of piperidine rings is 1. The van der Waals surface area contributed by atoms with E-state index in [0.29, 0.717) is 12.5 Å². The Morgan fingerprint density at radius 3 is 2.71 bits per heavy atom. The minimum atomic E-state index is -0.336. The van der Waals surface area contributed by atoms with Crippen LogP contribution in [-0.2, 0) is 9.53 Å². The van der Waals surface area contributed by atoms with E-state index in [-0.39, 0.29) is 11.4 Å². The monoisotopic (exact) mass is 239 g/mol. The summed E-state index contributed by atoms with van der Waals surface area (Å²) >= 11 is 0. The average molecular weight is 239 g/mol. The predicted molar refractivity (Wildman–Crippen MR) is 67.7 cm³/mol. The van der Waals surface area contributed by atoms with Crippen LogP contribution in [-0.4, -0.2) is 25.7 Å². The van der Waals surface area contributed by atoms with Crippen molar-refractivity contribution in [3.63, 3.8) is 0 Å². The zero-order chi connectivity index (χ0) is 12.3. The molecule has 0 aromatic carbocycles. The number of hydrogen-bond acceptors (Lipinski definition) is 3. The second-order valence-electron chi connectivity index (χ2n) is 6.13. The van der Waals surface area contributed by atoms with Gasteiger partial charge >= 0.3 is 5.97 Å². The van der Waals surface area contributed by atoms with Crippen molar-refractivity contribution in [3.8, 4) is 0 Å². The van der Waals surface area contributed by atoms with E-state index in [2.05, 4.69) is 5.32 Å². The van der Waals surface area contributed by atoms with Crippen LogP contribution in [0, 0.1) is 17.3 Å². The first kappa shape index (κ1) is 12.9. The Labute approximate surface area is 104 Å². The molecule has 1 saturated carbocycles. The molecule has 0 aromatic heterocycles. The minimum absolute atomic E-state index is 0.00755. The van der Waals surface area contributed by atoms with Crippen LogP contribution >= 0.6 is 0 Å². The lowest BCUT2D eigenvalue weighted by Crippen LogP contribution is -2.43. The first-order chi connectivity index (χ1) is 8.10. The highest BCUT2D eigenvalue weighted by Gasteiger charge is 2.38. The molecule has 3 nitrogen and oxygen atoms in total. The molecule has 98 valence electrons. The van der Waals surface area contributed by atoms with E-state index >= 15 is 0 Å². The number of ether oxygens (including phenoxy) is 1. The van der Waals surface area contributed by atoms with Crippen molar-refractivity contribution >= 4 is 5.97 Å². The first-order valence-corrected chi connectivity index (χ1v) is 6.98. The van der Waals surface area contributed by atoms with Crippen LogP contribution in [0.5, 0.6) is 0 Å². The second kappa shape index (κ2) is 5.38. The molecule has 17 heavy (non-hydrogen) atoms. The molecule has 1 unspecified atom stereocenters. The number of hydrogen-bond donors (Lipinski definition) is 1. The van der Waals surface area contributed by atoms with Crippen LogP contribution in [0.1, 0.15) is 46.0 Å². The van der Waals surface area contributed by atoms with Crippen molar-refractivity contribution in [3.05, 3.63) is 0 Å². The summed E-state index contributed by atoms with van der Waals surface area (Å²) in [6, 6.07) is 0. The smallest absolute Gasteiger partial charge is 0.311 e. The van der Waals surface area contributed by atoms with E-state index in [4.69, 9.17) is 4.74 Å². The molecular weight excluding hydrogens is 214 g/mol. The largest absolute Gasteiger partial charge is 0.465 e. The summed E-state index contributed by atoms with van der Waals surface area (Å²) in [5.41, 5.74) is -0.336. The molecule has 1 aliphatic heterocycles. The molecule has 0 radical (unpaired) electrons. The van der Waals surface area contributed by atoms with Crippen molar-refractivity contribution in [2.24, 2.45) is 17.3 Å². The predicted octanol–water partition coefficient (Wildman–Crippen LogP) is 2.36. The summed E-state index contributed by atoms with van der Waals surface area (Å²) < 4.78 is 5.44. The molecule has 1 N–H and O–H groups in total. The van der Waals surface area contributed by atoms with Crippen LogP contribution in [0.3, 0.4) is 0 Å². The molecule has 0 amide bonds. The summed E-state index contributed by atoms with van der Waals surface area (Å²) in [5.74, 6) is 1.25. The van der Waals surface area contributed by atoms with Crippen molar-refractivity contribution in [1.82, 2.24) is 5.32 Å². The fourth-order valence-electron chi connectivity index (χ4n) is 2.55. The summed E-state index contributed by atoms with van der Waals surface area (Å²) in [6.07, 6.45) is 6.02. The van der Waals surface area contributed by atoms with Gasteiger partial charge in [0.15, 0.2) is 0 Å². The number of carbonyl (C=O) groups is 1. The Bertz CT molecular complexity index is 265. The fourth-order valence-corrected chi connectivity index (χ4v) is 2.55. The van der Waals surface area contributed by atoms with Gasteiger partial charge in [-0.3, -0.25) is 4.79 Å². The van der Waals surface area contributed by atoms with E-state index in [1.165, 1.54) is 19.3 Å². The van der Waals surface area contributed by atoms with Gasteiger partial charge in [0.25, 0.3) is 0 Å². The number of nitrogens with one attached hydrogen (secondary N) is 1. The van der Waals surface area contributed by atoms with E-state index in [0.717, 1.165) is 31.8 Å². The quantitative estimate of drug-likeness (QED) is 0.748. The van der Waals surface area contributed by atoms with Gasteiger partial charge in [0.2, 0.25) is 0 Å². The van der Waals surface area contributed by atoms with Crippen LogP contribution in [0.2, 0.25) is 0 Å². The molecule has 2 aliphatic rings. The first-order valence-electron chi connectivity index (χ1n) is 6.98. The zero-order valence-electron chi connectivity index (χ0n) is 11.1. The second-order valence-corrected chi connectivity index (χ2v) is 6.13. The Kier molecular flexibility index (Phi) is 4.08. The van der Waals surface area contributed by atoms with Crippen molar-refractivity contribution in [1.29, 1.82) is 0 Å². The molecule has 3 heteroatoms. The van der Waals surface area contributed by atoms with Crippen LogP contribution < -0.4 is 5.32 Å². The minimum Gasteiger partial charge on any atom is -0.465 e. The highest BCUT2D eigenvalue weighted by molar-refractivity contribution is 5.76. The summed E-state index contributed by atoms with van der Waals surface area (Å²) in [6.45, 7) is 6.72. The van der Waals surface area contributed by atoms with Gasteiger partial charge in [0.05, 0.1) is 12.0 Å². The zero-order valence-corrected chi connectivity index (χ0v) is 11.1. The van der Waals surface area contributed by atoms with Gasteiger partial charge in [0.1, 0.15) is 0 Å². The van der Waals surface area contributed by atoms with Crippen molar-refractivity contribution in [2.45, 2.75) is 46.0 Å². The lowest BCUT2D eigenvalue weighted by molar-refractivity contribution is -0.157. The molecule has 1 aliphatic carbocycles. The molecule has 2 rings (SSSR count). The third-order valence-electron chi connectivity index (χ3n) is 4.30. The Morgan fingerprint density at radius 1 is 1.35 bits per heavy atom. The van der Waals surface area contributed by atoms with Crippen molar-refractivity contribution < 1.29 is 9.53 Å². The van der Waals surface area contributed by atoms with E-state index < -0.39 is 0 Å². The Hall–Kier alpha value is -0.570. The highest BCUT2D eigenvalue weighted by Crippen LogP contribution is 2.34. The third kappa shape index (κ3) is 3.44. The molecule has 0 aromatic rings. The molecule has 0 spiro atoms. The van der Waals surface area contributed by atoms with Crippen LogP contribution in [0.4, 0.5) is 0 Å². The summed E-state index contributed by atoms with van der Waals surface area (Å²) in [7, 11) is 0. The molecule has 1 atom stereocenters. The number of carbonyl (C=O) groups excluding carboxylic acids is 1. The maximum Gasteiger partial charge on any atom is 0.311 e. The molecule has 2 fully saturated rings. The van der Waals surface area contributed by atoms with Gasteiger partial charge in [-0.15, -0.1) is 0 Å². The van der Waals surface area contributed by atoms with Gasteiger partial charge in [-0.2, -0.15) is 0 Å². The van der Waals surface area contributed by atoms with Gasteiger partial charge in [-0.25, -0.2) is 0 Å². The fraction of sp³-hybridized carbons (Fsp3) is 0.929. The maximum atomic E-state index is 12.1. The van der Waals surface area contributed by atoms with Gasteiger partial charge in [-0.05, 0) is 58.0 Å². The van der Waals surface area contributed by atoms with Crippen molar-refractivity contribution in [2.75, 3.05) is 19.7 Å². The summed E-state index contributed by atoms with van der Waals surface area (Å²) in [5, 5.41) is 3.37. The van der Waals surface area contributed by atoms with Gasteiger partial charge < -0.3 is 10.1 Å². The van der Waals surface area contributed by atoms with E-state index in [1.807, 2.05) is 13.8 Å². The number of esters is 1.